The lowest BCUT2D eigenvalue weighted by Crippen LogP contribution is -2.51. The maximum Gasteiger partial charge on any atom is 0.263 e. The number of carbonyl (C=O) groups is 1. The number of nitrogens with one attached hydrogen (secondary N) is 1. The zero-order valence-corrected chi connectivity index (χ0v) is 15.4. The molecule has 2 aromatic heterocycles. The number of halogens is 1. The zero-order chi connectivity index (χ0) is 19.4. The summed E-state index contributed by atoms with van der Waals surface area (Å²) < 4.78 is 15.0. The highest BCUT2D eigenvalue weighted by atomic mass is 19.1. The molecule has 0 saturated carbocycles. The number of fused-ring (bicyclic) bond motifs is 2. The van der Waals surface area contributed by atoms with Gasteiger partial charge in [0.1, 0.15) is 11.2 Å². The number of aromatic nitrogens is 4. The average Bonchev–Trinajstić information content (AvgIpc) is 3.06. The molecule has 1 saturated heterocycles. The molecule has 1 amide bonds. The van der Waals surface area contributed by atoms with Gasteiger partial charge < -0.3 is 9.80 Å². The Morgan fingerprint density at radius 2 is 2.04 bits per heavy atom. The molecule has 144 valence electrons. The van der Waals surface area contributed by atoms with E-state index in [0.717, 1.165) is 11.1 Å². The molecule has 28 heavy (non-hydrogen) atoms. The summed E-state index contributed by atoms with van der Waals surface area (Å²) in [7, 11) is 1.74. The van der Waals surface area contributed by atoms with E-state index < -0.39 is 0 Å². The third-order valence-electron chi connectivity index (χ3n) is 5.69. The van der Waals surface area contributed by atoms with Crippen LogP contribution in [0.1, 0.15) is 17.0 Å². The van der Waals surface area contributed by atoms with Gasteiger partial charge >= 0.3 is 0 Å². The molecule has 3 aromatic rings. The van der Waals surface area contributed by atoms with Crippen molar-refractivity contribution < 1.29 is 9.18 Å². The average molecular weight is 382 g/mol. The lowest BCUT2D eigenvalue weighted by Gasteiger charge is -2.39. The number of piperazine rings is 1. The van der Waals surface area contributed by atoms with Gasteiger partial charge in [-0.2, -0.15) is 10.1 Å². The van der Waals surface area contributed by atoms with E-state index >= 15 is 0 Å². The van der Waals surface area contributed by atoms with Gasteiger partial charge in [0.05, 0.1) is 12.1 Å². The lowest BCUT2D eigenvalue weighted by molar-refractivity contribution is -0.133. The number of aromatic amines is 1. The largest absolute Gasteiger partial charge is 0.339 e. The third-order valence-corrected chi connectivity index (χ3v) is 5.69. The second-order valence-corrected chi connectivity index (χ2v) is 7.31. The highest BCUT2D eigenvalue weighted by molar-refractivity contribution is 5.87. The zero-order valence-electron chi connectivity index (χ0n) is 15.4. The van der Waals surface area contributed by atoms with Crippen molar-refractivity contribution in [1.82, 2.24) is 24.6 Å². The number of benzene rings is 1. The van der Waals surface area contributed by atoms with E-state index in [1.54, 1.807) is 17.8 Å². The molecule has 0 spiro atoms. The Hall–Kier alpha value is -3.23. The van der Waals surface area contributed by atoms with Crippen LogP contribution in [0, 0.1) is 5.82 Å². The number of aryl methyl sites for hydroxylation is 1. The van der Waals surface area contributed by atoms with Crippen LogP contribution in [0.25, 0.3) is 11.0 Å². The summed E-state index contributed by atoms with van der Waals surface area (Å²) in [6.45, 7) is 2.21. The van der Waals surface area contributed by atoms with Crippen LogP contribution in [0.5, 0.6) is 0 Å². The van der Waals surface area contributed by atoms with Crippen molar-refractivity contribution >= 4 is 22.9 Å². The summed E-state index contributed by atoms with van der Waals surface area (Å²) in [6, 6.07) is 4.66. The smallest absolute Gasteiger partial charge is 0.263 e. The fourth-order valence-electron chi connectivity index (χ4n) is 4.02. The van der Waals surface area contributed by atoms with E-state index in [0.29, 0.717) is 49.6 Å². The Kier molecular flexibility index (Phi) is 3.71. The van der Waals surface area contributed by atoms with Crippen molar-refractivity contribution in [3.05, 3.63) is 51.7 Å². The quantitative estimate of drug-likeness (QED) is 0.708. The molecule has 1 aromatic carbocycles. The van der Waals surface area contributed by atoms with E-state index in [1.165, 1.54) is 18.3 Å². The van der Waals surface area contributed by atoms with Crippen molar-refractivity contribution in [2.24, 2.45) is 7.05 Å². The van der Waals surface area contributed by atoms with E-state index in [1.807, 2.05) is 9.80 Å². The molecule has 8 nitrogen and oxygen atoms in total. The Bertz CT molecular complexity index is 1150. The summed E-state index contributed by atoms with van der Waals surface area (Å²) >= 11 is 0. The van der Waals surface area contributed by atoms with Gasteiger partial charge in [0, 0.05) is 33.2 Å². The predicted molar refractivity (Wildman–Crippen MR) is 101 cm³/mol. The fraction of sp³-hybridized carbons (Fsp3) is 0.368. The molecule has 1 fully saturated rings. The SMILES string of the molecule is Cn1ncc2c(=O)[nH]c(N3CCN(C(=O)C4Cc5ccc(F)cc54)CC3)nc21. The maximum atomic E-state index is 13.5. The molecule has 1 unspecified atom stereocenters. The van der Waals surface area contributed by atoms with Crippen LogP contribution in [0.4, 0.5) is 10.3 Å². The molecule has 1 aliphatic heterocycles. The van der Waals surface area contributed by atoms with Gasteiger partial charge in [0.2, 0.25) is 11.9 Å². The van der Waals surface area contributed by atoms with Gasteiger partial charge in [0.15, 0.2) is 5.65 Å². The van der Waals surface area contributed by atoms with Gasteiger partial charge in [-0.15, -0.1) is 0 Å². The molecule has 1 aliphatic carbocycles. The van der Waals surface area contributed by atoms with E-state index in [-0.39, 0.29) is 23.2 Å². The van der Waals surface area contributed by atoms with Crippen LogP contribution >= 0.6 is 0 Å². The Morgan fingerprint density at radius 1 is 1.25 bits per heavy atom. The molecular formula is C19H19FN6O2. The number of carbonyl (C=O) groups excluding carboxylic acids is 1. The minimum Gasteiger partial charge on any atom is -0.339 e. The topological polar surface area (TPSA) is 87.1 Å². The molecular weight excluding hydrogens is 363 g/mol. The van der Waals surface area contributed by atoms with Gasteiger partial charge in [-0.05, 0) is 29.7 Å². The van der Waals surface area contributed by atoms with Gasteiger partial charge in [-0.3, -0.25) is 19.3 Å². The van der Waals surface area contributed by atoms with Crippen LogP contribution < -0.4 is 10.5 Å². The molecule has 0 radical (unpaired) electrons. The number of anilines is 1. The van der Waals surface area contributed by atoms with Crippen molar-refractivity contribution in [3.8, 4) is 0 Å². The Labute approximate surface area is 159 Å². The first-order chi connectivity index (χ1) is 13.5. The molecule has 0 bridgehead atoms. The number of amides is 1. The molecule has 1 N–H and O–H groups in total. The number of rotatable bonds is 2. The van der Waals surface area contributed by atoms with E-state index in [9.17, 15) is 14.0 Å². The maximum absolute atomic E-state index is 13.5. The van der Waals surface area contributed by atoms with E-state index in [4.69, 9.17) is 0 Å². The molecule has 9 heteroatoms. The van der Waals surface area contributed by atoms with Crippen LogP contribution in [0.15, 0.2) is 29.2 Å². The minimum atomic E-state index is -0.304. The number of hydrogen-bond acceptors (Lipinski definition) is 5. The van der Waals surface area contributed by atoms with Gasteiger partial charge in [-0.1, -0.05) is 6.07 Å². The summed E-state index contributed by atoms with van der Waals surface area (Å²) in [6.07, 6.45) is 2.17. The van der Waals surface area contributed by atoms with Crippen LogP contribution in [0.3, 0.4) is 0 Å². The normalized spacial score (nSPS) is 18.9. The van der Waals surface area contributed by atoms with E-state index in [2.05, 4.69) is 15.1 Å². The van der Waals surface area contributed by atoms with Crippen molar-refractivity contribution in [3.63, 3.8) is 0 Å². The minimum absolute atomic E-state index is 0.0429. The first-order valence-electron chi connectivity index (χ1n) is 9.25. The van der Waals surface area contributed by atoms with Crippen molar-refractivity contribution in [2.75, 3.05) is 31.1 Å². The molecule has 3 heterocycles. The summed E-state index contributed by atoms with van der Waals surface area (Å²) in [5.41, 5.74) is 2.16. The third kappa shape index (κ3) is 2.57. The summed E-state index contributed by atoms with van der Waals surface area (Å²) in [4.78, 5) is 36.2. The van der Waals surface area contributed by atoms with Crippen LogP contribution in [0.2, 0.25) is 0 Å². The Morgan fingerprint density at radius 3 is 2.82 bits per heavy atom. The van der Waals surface area contributed by atoms with Crippen LogP contribution in [-0.4, -0.2) is 56.7 Å². The number of nitrogens with zero attached hydrogens (tertiary/aromatic N) is 5. The molecule has 1 atom stereocenters. The summed E-state index contributed by atoms with van der Waals surface area (Å²) in [5.74, 6) is -0.0202. The number of hydrogen-bond donors (Lipinski definition) is 1. The first-order valence-corrected chi connectivity index (χ1v) is 9.25. The highest BCUT2D eigenvalue weighted by Crippen LogP contribution is 2.37. The standard InChI is InChI=1S/C19H19FN6O2/c1-24-16-15(10-21-24)17(27)23-19(22-16)26-6-4-25(5-7-26)18(28)14-8-11-2-3-12(20)9-13(11)14/h2-3,9-10,14H,4-8H2,1H3,(H,22,23,27). The van der Waals surface area contributed by atoms with Gasteiger partial charge in [-0.25, -0.2) is 4.39 Å². The summed E-state index contributed by atoms with van der Waals surface area (Å²) in [5, 5.41) is 4.53. The van der Waals surface area contributed by atoms with Crippen molar-refractivity contribution in [2.45, 2.75) is 12.3 Å². The predicted octanol–water partition coefficient (Wildman–Crippen LogP) is 0.784. The lowest BCUT2D eigenvalue weighted by atomic mass is 9.76. The fourth-order valence-corrected chi connectivity index (χ4v) is 4.02. The highest BCUT2D eigenvalue weighted by Gasteiger charge is 2.36. The second kappa shape index (κ2) is 6.15. The number of H-pyrrole nitrogens is 1. The van der Waals surface area contributed by atoms with Crippen molar-refractivity contribution in [1.29, 1.82) is 0 Å². The van der Waals surface area contributed by atoms with Crippen LogP contribution in [-0.2, 0) is 18.3 Å². The molecule has 2 aliphatic rings. The monoisotopic (exact) mass is 382 g/mol. The second-order valence-electron chi connectivity index (χ2n) is 7.31. The van der Waals surface area contributed by atoms with Gasteiger partial charge in [0.25, 0.3) is 5.56 Å². The molecule has 5 rings (SSSR count). The Balaban J connectivity index is 1.30. The first kappa shape index (κ1) is 16.9.